The molecule has 214 valence electrons. The number of rotatable bonds is 12. The number of anilines is 1. The van der Waals surface area contributed by atoms with Crippen LogP contribution in [0.25, 0.3) is 0 Å². The molecular weight excluding hydrogens is 618 g/mol. The van der Waals surface area contributed by atoms with Crippen LogP contribution in [0.4, 0.5) is 5.69 Å². The fraction of sp³-hybridized carbons (Fsp3) is 0.310. The molecule has 0 unspecified atom stereocenters. The molecule has 0 aliphatic heterocycles. The van der Waals surface area contributed by atoms with Gasteiger partial charge in [0.25, 0.3) is 10.0 Å². The van der Waals surface area contributed by atoms with Crippen LogP contribution in [-0.2, 0) is 26.2 Å². The van der Waals surface area contributed by atoms with Crippen molar-refractivity contribution >= 4 is 55.1 Å². The molecule has 8 nitrogen and oxygen atoms in total. The Morgan fingerprint density at radius 3 is 2.25 bits per heavy atom. The zero-order valence-electron chi connectivity index (χ0n) is 22.8. The summed E-state index contributed by atoms with van der Waals surface area (Å²) in [6.45, 7) is 5.04. The van der Waals surface area contributed by atoms with Gasteiger partial charge in [-0.1, -0.05) is 46.6 Å². The number of amides is 2. The molecule has 0 aromatic heterocycles. The molecule has 2 amide bonds. The van der Waals surface area contributed by atoms with Crippen molar-refractivity contribution in [1.82, 2.24) is 10.2 Å². The number of ether oxygens (including phenoxy) is 1. The molecule has 0 heterocycles. The molecule has 0 spiro atoms. The first-order valence-electron chi connectivity index (χ1n) is 12.7. The third-order valence-electron chi connectivity index (χ3n) is 6.45. The topological polar surface area (TPSA) is 96.0 Å². The number of carbonyl (C=O) groups excluding carboxylic acids is 2. The quantitative estimate of drug-likeness (QED) is 0.274. The molecule has 2 atom stereocenters. The van der Waals surface area contributed by atoms with E-state index in [4.69, 9.17) is 16.3 Å². The number of carbonyl (C=O) groups is 2. The van der Waals surface area contributed by atoms with Gasteiger partial charge < -0.3 is 15.0 Å². The van der Waals surface area contributed by atoms with E-state index in [2.05, 4.69) is 21.2 Å². The molecule has 3 aromatic carbocycles. The zero-order chi connectivity index (χ0) is 29.4. The van der Waals surface area contributed by atoms with Crippen LogP contribution in [0.3, 0.4) is 0 Å². The van der Waals surface area contributed by atoms with Crippen LogP contribution in [0, 0.1) is 0 Å². The number of methoxy groups -OCH3 is 1. The largest absolute Gasteiger partial charge is 0.497 e. The Hall–Kier alpha value is -3.08. The molecule has 11 heteroatoms. The average molecular weight is 651 g/mol. The predicted molar refractivity (Wildman–Crippen MR) is 161 cm³/mol. The van der Waals surface area contributed by atoms with Crippen molar-refractivity contribution in [3.8, 4) is 5.75 Å². The van der Waals surface area contributed by atoms with E-state index in [1.165, 1.54) is 48.4 Å². The van der Waals surface area contributed by atoms with E-state index in [1.807, 2.05) is 38.1 Å². The lowest BCUT2D eigenvalue weighted by molar-refractivity contribution is -0.139. The van der Waals surface area contributed by atoms with Gasteiger partial charge >= 0.3 is 0 Å². The van der Waals surface area contributed by atoms with Gasteiger partial charge in [-0.25, -0.2) is 8.42 Å². The minimum atomic E-state index is -4.19. The SMILES string of the molecule is CC[C@@H](C)NC(=O)[C@H](C)N(Cc1cccc(Br)c1)C(=O)CN(c1ccc(Cl)cc1)S(=O)(=O)c1ccc(OC)cc1. The third-order valence-corrected chi connectivity index (χ3v) is 8.98. The summed E-state index contributed by atoms with van der Waals surface area (Å²) in [5, 5.41) is 3.34. The lowest BCUT2D eigenvalue weighted by Crippen LogP contribution is -2.52. The molecule has 0 saturated carbocycles. The molecule has 0 bridgehead atoms. The maximum absolute atomic E-state index is 13.9. The lowest BCUT2D eigenvalue weighted by atomic mass is 10.1. The smallest absolute Gasteiger partial charge is 0.264 e. The van der Waals surface area contributed by atoms with E-state index in [1.54, 1.807) is 19.1 Å². The van der Waals surface area contributed by atoms with Gasteiger partial charge in [0.15, 0.2) is 0 Å². The van der Waals surface area contributed by atoms with E-state index >= 15 is 0 Å². The van der Waals surface area contributed by atoms with Crippen molar-refractivity contribution in [1.29, 1.82) is 0 Å². The van der Waals surface area contributed by atoms with Crippen molar-refractivity contribution in [2.45, 2.75) is 50.7 Å². The van der Waals surface area contributed by atoms with Gasteiger partial charge in [0.2, 0.25) is 11.8 Å². The standard InChI is InChI=1S/C29H33BrClN3O5S/c1-5-20(2)32-29(36)21(3)33(18-22-7-6-8-23(30)17-22)28(35)19-34(25-11-9-24(31)10-12-25)40(37,38)27-15-13-26(39-4)14-16-27/h6-17,20-21H,5,18-19H2,1-4H3,(H,32,36)/t20-,21+/m1/s1. The van der Waals surface area contributed by atoms with E-state index in [-0.39, 0.29) is 29.1 Å². The van der Waals surface area contributed by atoms with E-state index < -0.39 is 28.5 Å². The molecule has 0 aliphatic rings. The second kappa shape index (κ2) is 14.0. The zero-order valence-corrected chi connectivity index (χ0v) is 26.0. The van der Waals surface area contributed by atoms with E-state index in [9.17, 15) is 18.0 Å². The van der Waals surface area contributed by atoms with Crippen LogP contribution in [0.5, 0.6) is 5.75 Å². The number of sulfonamides is 1. The highest BCUT2D eigenvalue weighted by Crippen LogP contribution is 2.27. The number of nitrogens with one attached hydrogen (secondary N) is 1. The van der Waals surface area contributed by atoms with E-state index in [0.717, 1.165) is 20.8 Å². The Balaban J connectivity index is 2.02. The second-order valence-corrected chi connectivity index (χ2v) is 12.5. The molecular formula is C29H33BrClN3O5S. The van der Waals surface area contributed by atoms with Crippen LogP contribution in [0.2, 0.25) is 5.02 Å². The van der Waals surface area contributed by atoms with Crippen LogP contribution >= 0.6 is 27.5 Å². The number of halogens is 2. The molecule has 0 fully saturated rings. The maximum atomic E-state index is 13.9. The molecule has 0 saturated heterocycles. The number of nitrogens with zero attached hydrogens (tertiary/aromatic N) is 2. The highest BCUT2D eigenvalue weighted by molar-refractivity contribution is 9.10. The first-order chi connectivity index (χ1) is 19.0. The summed E-state index contributed by atoms with van der Waals surface area (Å²) in [5.41, 5.74) is 1.04. The predicted octanol–water partition coefficient (Wildman–Crippen LogP) is 5.64. The average Bonchev–Trinajstić information content (AvgIpc) is 2.94. The summed E-state index contributed by atoms with van der Waals surface area (Å²) < 4.78 is 34.7. The fourth-order valence-corrected chi connectivity index (χ4v) is 5.88. The van der Waals surface area contributed by atoms with Gasteiger partial charge in [-0.05, 0) is 86.5 Å². The Morgan fingerprint density at radius 2 is 1.68 bits per heavy atom. The summed E-state index contributed by atoms with van der Waals surface area (Å²) in [4.78, 5) is 28.4. The number of hydrogen-bond acceptors (Lipinski definition) is 5. The van der Waals surface area contributed by atoms with E-state index in [0.29, 0.717) is 10.8 Å². The van der Waals surface area contributed by atoms with Gasteiger partial charge in [0.05, 0.1) is 17.7 Å². The summed E-state index contributed by atoms with van der Waals surface area (Å²) >= 11 is 9.51. The highest BCUT2D eigenvalue weighted by atomic mass is 79.9. The molecule has 3 aromatic rings. The van der Waals surface area contributed by atoms with Crippen molar-refractivity contribution in [2.75, 3.05) is 18.0 Å². The van der Waals surface area contributed by atoms with Crippen LogP contribution in [0.15, 0.2) is 82.2 Å². The van der Waals surface area contributed by atoms with Gasteiger partial charge in [0, 0.05) is 22.1 Å². The molecule has 0 radical (unpaired) electrons. The summed E-state index contributed by atoms with van der Waals surface area (Å²) in [7, 11) is -2.70. The normalized spacial score (nSPS) is 12.8. The number of benzene rings is 3. The van der Waals surface area contributed by atoms with Gasteiger partial charge in [-0.15, -0.1) is 0 Å². The Bertz CT molecular complexity index is 1420. The molecule has 1 N–H and O–H groups in total. The summed E-state index contributed by atoms with van der Waals surface area (Å²) in [6.07, 6.45) is 0.725. The maximum Gasteiger partial charge on any atom is 0.264 e. The Labute approximate surface area is 249 Å². The minimum Gasteiger partial charge on any atom is -0.497 e. The van der Waals surface area contributed by atoms with Gasteiger partial charge in [-0.2, -0.15) is 0 Å². The first-order valence-corrected chi connectivity index (χ1v) is 15.3. The van der Waals surface area contributed by atoms with Crippen LogP contribution in [0.1, 0.15) is 32.8 Å². The minimum absolute atomic E-state index is 0.0165. The summed E-state index contributed by atoms with van der Waals surface area (Å²) in [6, 6.07) is 18.5. The van der Waals surface area contributed by atoms with Crippen LogP contribution < -0.4 is 14.4 Å². The second-order valence-electron chi connectivity index (χ2n) is 9.31. The molecule has 0 aliphatic carbocycles. The van der Waals surface area contributed by atoms with Gasteiger partial charge in [-0.3, -0.25) is 13.9 Å². The van der Waals surface area contributed by atoms with Crippen molar-refractivity contribution < 1.29 is 22.7 Å². The first kappa shape index (κ1) is 31.4. The molecule has 40 heavy (non-hydrogen) atoms. The highest BCUT2D eigenvalue weighted by Gasteiger charge is 2.32. The third kappa shape index (κ3) is 7.99. The summed E-state index contributed by atoms with van der Waals surface area (Å²) in [5.74, 6) is -0.373. The van der Waals surface area contributed by atoms with Gasteiger partial charge in [0.1, 0.15) is 18.3 Å². The van der Waals surface area contributed by atoms with Crippen LogP contribution in [-0.4, -0.2) is 50.9 Å². The van der Waals surface area contributed by atoms with Crippen molar-refractivity contribution in [2.24, 2.45) is 0 Å². The Morgan fingerprint density at radius 1 is 1.02 bits per heavy atom. The Kier molecular flexibility index (Phi) is 11.0. The monoisotopic (exact) mass is 649 g/mol. The molecule has 3 rings (SSSR count). The lowest BCUT2D eigenvalue weighted by Gasteiger charge is -2.32. The fourth-order valence-electron chi connectivity index (χ4n) is 3.89. The number of hydrogen-bond donors (Lipinski definition) is 1. The van der Waals surface area contributed by atoms with Crippen molar-refractivity contribution in [3.05, 3.63) is 87.9 Å². The van der Waals surface area contributed by atoms with Crippen molar-refractivity contribution in [3.63, 3.8) is 0 Å².